The van der Waals surface area contributed by atoms with Gasteiger partial charge in [-0.1, -0.05) is 13.8 Å². The Bertz CT molecular complexity index is 342. The number of nitrogens with zero attached hydrogens (tertiary/aromatic N) is 1. The number of unbranched alkanes of at least 4 members (excludes halogenated alkanes) is 1. The quantitative estimate of drug-likeness (QED) is 0.722. The van der Waals surface area contributed by atoms with Gasteiger partial charge in [-0.15, -0.1) is 0 Å². The Balaban J connectivity index is 2.53. The van der Waals surface area contributed by atoms with Gasteiger partial charge in [0.25, 0.3) is 0 Å². The van der Waals surface area contributed by atoms with Crippen LogP contribution < -0.4 is 5.32 Å². The third kappa shape index (κ3) is 4.47. The van der Waals surface area contributed by atoms with Gasteiger partial charge in [0, 0.05) is 13.2 Å². The van der Waals surface area contributed by atoms with E-state index in [9.17, 15) is 9.59 Å². The van der Waals surface area contributed by atoms with E-state index in [-0.39, 0.29) is 29.9 Å². The Labute approximate surface area is 122 Å². The fourth-order valence-electron chi connectivity index (χ4n) is 2.50. The summed E-state index contributed by atoms with van der Waals surface area (Å²) >= 11 is 0. The van der Waals surface area contributed by atoms with Crippen molar-refractivity contribution in [2.75, 3.05) is 13.2 Å². The predicted octanol–water partition coefficient (Wildman–Crippen LogP) is 1.56. The summed E-state index contributed by atoms with van der Waals surface area (Å²) in [4.78, 5) is 26.0. The topological polar surface area (TPSA) is 58.6 Å². The molecule has 116 valence electrons. The largest absolute Gasteiger partial charge is 0.379 e. The molecule has 0 aromatic heterocycles. The molecule has 0 radical (unpaired) electrons. The van der Waals surface area contributed by atoms with Crippen LogP contribution in [0.1, 0.15) is 47.5 Å². The van der Waals surface area contributed by atoms with E-state index in [2.05, 4.69) is 5.32 Å². The molecular weight excluding hydrogens is 256 g/mol. The highest BCUT2D eigenvalue weighted by Gasteiger charge is 2.39. The maximum absolute atomic E-state index is 12.2. The van der Waals surface area contributed by atoms with Crippen LogP contribution in [0, 0.1) is 5.92 Å². The van der Waals surface area contributed by atoms with E-state index >= 15 is 0 Å². The van der Waals surface area contributed by atoms with Crippen molar-refractivity contribution in [1.82, 2.24) is 10.2 Å². The molecule has 2 atom stereocenters. The van der Waals surface area contributed by atoms with Crippen LogP contribution in [0.5, 0.6) is 0 Å². The minimum Gasteiger partial charge on any atom is -0.379 e. The van der Waals surface area contributed by atoms with Gasteiger partial charge in [-0.25, -0.2) is 0 Å². The Morgan fingerprint density at radius 2 is 1.85 bits per heavy atom. The number of ether oxygens (including phenoxy) is 1. The van der Waals surface area contributed by atoms with E-state index in [4.69, 9.17) is 4.74 Å². The highest BCUT2D eigenvalue weighted by Crippen LogP contribution is 2.18. The van der Waals surface area contributed by atoms with Crippen LogP contribution >= 0.6 is 0 Å². The molecule has 1 fully saturated rings. The SMILES string of the molecule is CC(C)OCCCCN1C(=O)C(C)NC(=O)C1C(C)C. The third-order valence-corrected chi connectivity index (χ3v) is 3.49. The lowest BCUT2D eigenvalue weighted by atomic mass is 9.97. The highest BCUT2D eigenvalue weighted by molar-refractivity contribution is 5.96. The van der Waals surface area contributed by atoms with Crippen LogP contribution in [0.25, 0.3) is 0 Å². The van der Waals surface area contributed by atoms with Crippen LogP contribution in [0.3, 0.4) is 0 Å². The van der Waals surface area contributed by atoms with Crippen LogP contribution in [0.4, 0.5) is 0 Å². The smallest absolute Gasteiger partial charge is 0.245 e. The summed E-state index contributed by atoms with van der Waals surface area (Å²) in [5.74, 6) is 0.108. The zero-order chi connectivity index (χ0) is 15.3. The first kappa shape index (κ1) is 17.0. The summed E-state index contributed by atoms with van der Waals surface area (Å²) in [6.45, 7) is 11.0. The van der Waals surface area contributed by atoms with E-state index in [1.165, 1.54) is 0 Å². The molecule has 0 aromatic rings. The molecule has 1 saturated heterocycles. The third-order valence-electron chi connectivity index (χ3n) is 3.49. The van der Waals surface area contributed by atoms with Crippen molar-refractivity contribution >= 4 is 11.8 Å². The first-order chi connectivity index (χ1) is 9.34. The predicted molar refractivity (Wildman–Crippen MR) is 78.3 cm³/mol. The zero-order valence-corrected chi connectivity index (χ0v) is 13.3. The standard InChI is InChI=1S/C15H28N2O3/c1-10(2)13-14(18)16-12(5)15(19)17(13)8-6-7-9-20-11(3)4/h10-13H,6-9H2,1-5H3,(H,16,18). The summed E-state index contributed by atoms with van der Waals surface area (Å²) in [5, 5.41) is 2.75. The maximum Gasteiger partial charge on any atom is 0.245 e. The van der Waals surface area contributed by atoms with Crippen LogP contribution in [-0.4, -0.2) is 48.1 Å². The molecule has 0 spiro atoms. The summed E-state index contributed by atoms with van der Waals surface area (Å²) < 4.78 is 5.49. The van der Waals surface area contributed by atoms with Gasteiger partial charge in [0.2, 0.25) is 11.8 Å². The normalized spacial score (nSPS) is 23.6. The molecule has 2 unspecified atom stereocenters. The molecule has 20 heavy (non-hydrogen) atoms. The monoisotopic (exact) mass is 284 g/mol. The van der Waals surface area contributed by atoms with Gasteiger partial charge >= 0.3 is 0 Å². The van der Waals surface area contributed by atoms with Gasteiger partial charge in [-0.3, -0.25) is 9.59 Å². The number of nitrogens with one attached hydrogen (secondary N) is 1. The number of carbonyl (C=O) groups is 2. The van der Waals surface area contributed by atoms with Gasteiger partial charge < -0.3 is 15.0 Å². The number of carbonyl (C=O) groups excluding carboxylic acids is 2. The summed E-state index contributed by atoms with van der Waals surface area (Å²) in [6, 6.07) is -0.755. The molecule has 0 saturated carbocycles. The van der Waals surface area contributed by atoms with Gasteiger partial charge in [0.15, 0.2) is 0 Å². The average molecular weight is 284 g/mol. The summed E-state index contributed by atoms with van der Waals surface area (Å²) in [5.41, 5.74) is 0. The van der Waals surface area contributed by atoms with E-state index in [0.717, 1.165) is 12.8 Å². The molecule has 1 aliphatic rings. The maximum atomic E-state index is 12.2. The molecule has 2 amide bonds. The zero-order valence-electron chi connectivity index (χ0n) is 13.3. The van der Waals surface area contributed by atoms with Gasteiger partial charge in [-0.2, -0.15) is 0 Å². The molecule has 5 heteroatoms. The van der Waals surface area contributed by atoms with Crippen molar-refractivity contribution in [3.8, 4) is 0 Å². The lowest BCUT2D eigenvalue weighted by Gasteiger charge is -2.40. The second kappa shape index (κ2) is 7.62. The van der Waals surface area contributed by atoms with Crippen molar-refractivity contribution in [2.24, 2.45) is 5.92 Å². The second-order valence-corrected chi connectivity index (χ2v) is 6.08. The highest BCUT2D eigenvalue weighted by atomic mass is 16.5. The molecule has 0 bridgehead atoms. The van der Waals surface area contributed by atoms with Crippen molar-refractivity contribution in [3.63, 3.8) is 0 Å². The molecule has 0 aromatic carbocycles. The van der Waals surface area contributed by atoms with Crippen molar-refractivity contribution in [1.29, 1.82) is 0 Å². The van der Waals surface area contributed by atoms with Crippen LogP contribution in [0.2, 0.25) is 0 Å². The number of hydrogen-bond acceptors (Lipinski definition) is 3. The molecule has 1 heterocycles. The van der Waals surface area contributed by atoms with E-state index < -0.39 is 6.04 Å². The minimum absolute atomic E-state index is 0.0214. The van der Waals surface area contributed by atoms with Gasteiger partial charge in [0.05, 0.1) is 6.10 Å². The molecule has 1 aliphatic heterocycles. The Kier molecular flexibility index (Phi) is 6.46. The second-order valence-electron chi connectivity index (χ2n) is 6.08. The van der Waals surface area contributed by atoms with Crippen molar-refractivity contribution in [3.05, 3.63) is 0 Å². The van der Waals surface area contributed by atoms with Gasteiger partial charge in [-0.05, 0) is 39.5 Å². The first-order valence-corrected chi connectivity index (χ1v) is 7.57. The number of hydrogen-bond donors (Lipinski definition) is 1. The first-order valence-electron chi connectivity index (χ1n) is 7.57. The number of rotatable bonds is 7. The minimum atomic E-state index is -0.413. The fourth-order valence-corrected chi connectivity index (χ4v) is 2.50. The molecule has 1 N–H and O–H groups in total. The lowest BCUT2D eigenvalue weighted by Crippen LogP contribution is -2.64. The van der Waals surface area contributed by atoms with E-state index in [1.807, 2.05) is 27.7 Å². The van der Waals surface area contributed by atoms with E-state index in [0.29, 0.717) is 13.2 Å². The van der Waals surface area contributed by atoms with Crippen molar-refractivity contribution in [2.45, 2.75) is 65.6 Å². The van der Waals surface area contributed by atoms with Crippen molar-refractivity contribution < 1.29 is 14.3 Å². The lowest BCUT2D eigenvalue weighted by molar-refractivity contribution is -0.150. The van der Waals surface area contributed by atoms with Crippen LogP contribution in [-0.2, 0) is 14.3 Å². The molecular formula is C15H28N2O3. The molecule has 5 nitrogen and oxygen atoms in total. The van der Waals surface area contributed by atoms with Gasteiger partial charge in [0.1, 0.15) is 12.1 Å². The number of amides is 2. The summed E-state index contributed by atoms with van der Waals surface area (Å²) in [7, 11) is 0. The summed E-state index contributed by atoms with van der Waals surface area (Å²) in [6.07, 6.45) is 2.01. The molecule has 0 aliphatic carbocycles. The van der Waals surface area contributed by atoms with E-state index in [1.54, 1.807) is 11.8 Å². The molecule has 1 rings (SSSR count). The average Bonchev–Trinajstić information content (AvgIpc) is 2.33. The number of piperazine rings is 1. The Morgan fingerprint density at radius 1 is 1.20 bits per heavy atom. The van der Waals surface area contributed by atoms with Crippen LogP contribution in [0.15, 0.2) is 0 Å². The Morgan fingerprint density at radius 3 is 2.40 bits per heavy atom. The Hall–Kier alpha value is -1.10. The fraction of sp³-hybridized carbons (Fsp3) is 0.867.